The van der Waals surface area contributed by atoms with Gasteiger partial charge in [-0.3, -0.25) is 0 Å². The molecule has 0 aromatic carbocycles. The molecule has 3 atom stereocenters. The van der Waals surface area contributed by atoms with E-state index in [4.69, 9.17) is 45.1 Å². The van der Waals surface area contributed by atoms with Gasteiger partial charge in [-0.15, -0.1) is 0 Å². The second-order valence-electron chi connectivity index (χ2n) is 4.28. The first kappa shape index (κ1) is 21.6. The van der Waals surface area contributed by atoms with Gasteiger partial charge in [0, 0.05) is 6.54 Å². The maximum absolute atomic E-state index is 9.21. The molecule has 0 spiro atoms. The van der Waals surface area contributed by atoms with Gasteiger partial charge in [0.2, 0.25) is 0 Å². The molecule has 0 heterocycles. The molecule has 134 valence electrons. The fraction of sp³-hybridized carbons (Fsp3) is 1.00. The van der Waals surface area contributed by atoms with Crippen LogP contribution in [0.3, 0.4) is 0 Å². The molecule has 0 aliphatic rings. The number of ether oxygens (including phenoxy) is 4. The first-order chi connectivity index (χ1) is 10.6. The van der Waals surface area contributed by atoms with Crippen LogP contribution in [-0.2, 0) is 18.9 Å². The Morgan fingerprint density at radius 1 is 0.682 bits per heavy atom. The molecule has 0 bridgehead atoms. The Bertz CT molecular complexity index is 243. The third-order valence-electron chi connectivity index (χ3n) is 2.49. The SMILES string of the molecule is NCCOC(CO)OC(CO)COC(CO)OC(CO)CO. The number of aliphatic hydroxyl groups excluding tert-OH is 5. The first-order valence-corrected chi connectivity index (χ1v) is 6.93. The number of nitrogens with two attached hydrogens (primary N) is 1. The average Bonchev–Trinajstić information content (AvgIpc) is 2.56. The molecular formula is C12H27NO9. The summed E-state index contributed by atoms with van der Waals surface area (Å²) >= 11 is 0. The standard InChI is InChI=1S/C12H27NO9/c13-1-2-19-11(6-17)22-10(5-16)8-20-12(7-18)21-9(3-14)4-15/h9-12,14-18H,1-8,13H2. The van der Waals surface area contributed by atoms with Crippen LogP contribution < -0.4 is 5.73 Å². The Morgan fingerprint density at radius 2 is 1.18 bits per heavy atom. The average molecular weight is 329 g/mol. The van der Waals surface area contributed by atoms with Crippen LogP contribution in [0.2, 0.25) is 0 Å². The topological polar surface area (TPSA) is 164 Å². The van der Waals surface area contributed by atoms with E-state index < -0.39 is 57.8 Å². The smallest absolute Gasteiger partial charge is 0.181 e. The molecule has 0 aromatic heterocycles. The summed E-state index contributed by atoms with van der Waals surface area (Å²) < 4.78 is 20.6. The minimum Gasteiger partial charge on any atom is -0.394 e. The summed E-state index contributed by atoms with van der Waals surface area (Å²) in [5, 5.41) is 45.1. The van der Waals surface area contributed by atoms with Crippen molar-refractivity contribution in [2.45, 2.75) is 24.8 Å². The molecule has 22 heavy (non-hydrogen) atoms. The van der Waals surface area contributed by atoms with Gasteiger partial charge in [0.15, 0.2) is 12.6 Å². The Morgan fingerprint density at radius 3 is 1.64 bits per heavy atom. The number of hydrogen-bond donors (Lipinski definition) is 6. The summed E-state index contributed by atoms with van der Waals surface area (Å²) in [6.07, 6.45) is -3.77. The molecule has 10 nitrogen and oxygen atoms in total. The van der Waals surface area contributed by atoms with Crippen molar-refractivity contribution in [1.29, 1.82) is 0 Å². The van der Waals surface area contributed by atoms with Gasteiger partial charge in [-0.2, -0.15) is 0 Å². The van der Waals surface area contributed by atoms with E-state index in [2.05, 4.69) is 0 Å². The molecular weight excluding hydrogens is 302 g/mol. The molecule has 0 fully saturated rings. The Hall–Kier alpha value is -0.400. The van der Waals surface area contributed by atoms with Crippen LogP contribution in [-0.4, -0.2) is 103 Å². The normalized spacial score (nSPS) is 16.0. The molecule has 7 N–H and O–H groups in total. The van der Waals surface area contributed by atoms with Gasteiger partial charge in [-0.25, -0.2) is 0 Å². The van der Waals surface area contributed by atoms with Gasteiger partial charge in [0.25, 0.3) is 0 Å². The lowest BCUT2D eigenvalue weighted by molar-refractivity contribution is -0.239. The second-order valence-corrected chi connectivity index (χ2v) is 4.28. The number of hydrogen-bond acceptors (Lipinski definition) is 10. The van der Waals surface area contributed by atoms with Gasteiger partial charge in [-0.05, 0) is 0 Å². The van der Waals surface area contributed by atoms with Crippen molar-refractivity contribution in [3.8, 4) is 0 Å². The van der Waals surface area contributed by atoms with Crippen molar-refractivity contribution < 1.29 is 44.5 Å². The van der Waals surface area contributed by atoms with Gasteiger partial charge in [0.1, 0.15) is 12.2 Å². The van der Waals surface area contributed by atoms with Gasteiger partial charge < -0.3 is 50.2 Å². The minimum absolute atomic E-state index is 0.159. The molecule has 0 aliphatic carbocycles. The predicted octanol–water partition coefficient (Wildman–Crippen LogP) is -3.64. The Kier molecular flexibility index (Phi) is 14.0. The van der Waals surface area contributed by atoms with Gasteiger partial charge >= 0.3 is 0 Å². The van der Waals surface area contributed by atoms with Crippen LogP contribution in [0, 0.1) is 0 Å². The van der Waals surface area contributed by atoms with Crippen LogP contribution in [0.4, 0.5) is 0 Å². The van der Waals surface area contributed by atoms with E-state index in [1.165, 1.54) is 0 Å². The van der Waals surface area contributed by atoms with E-state index in [1.54, 1.807) is 0 Å². The maximum Gasteiger partial charge on any atom is 0.181 e. The van der Waals surface area contributed by atoms with Crippen LogP contribution in [0.15, 0.2) is 0 Å². The number of rotatable bonds is 15. The summed E-state index contributed by atoms with van der Waals surface area (Å²) in [7, 11) is 0. The summed E-state index contributed by atoms with van der Waals surface area (Å²) in [4.78, 5) is 0. The Labute approximate surface area is 129 Å². The van der Waals surface area contributed by atoms with Crippen LogP contribution in [0.25, 0.3) is 0 Å². The maximum atomic E-state index is 9.21. The van der Waals surface area contributed by atoms with Gasteiger partial charge in [0.05, 0.1) is 46.2 Å². The molecule has 0 saturated carbocycles. The molecule has 0 rings (SSSR count). The highest BCUT2D eigenvalue weighted by molar-refractivity contribution is 4.59. The Balaban J connectivity index is 4.23. The van der Waals surface area contributed by atoms with Crippen molar-refractivity contribution in [3.05, 3.63) is 0 Å². The van der Waals surface area contributed by atoms with Gasteiger partial charge in [-0.1, -0.05) is 0 Å². The van der Waals surface area contributed by atoms with Crippen molar-refractivity contribution >= 4 is 0 Å². The molecule has 0 saturated heterocycles. The lowest BCUT2D eigenvalue weighted by atomic mass is 10.4. The third-order valence-corrected chi connectivity index (χ3v) is 2.49. The van der Waals surface area contributed by atoms with Crippen molar-refractivity contribution in [3.63, 3.8) is 0 Å². The van der Waals surface area contributed by atoms with Crippen LogP contribution in [0.5, 0.6) is 0 Å². The summed E-state index contributed by atoms with van der Waals surface area (Å²) in [5.41, 5.74) is 5.26. The van der Waals surface area contributed by atoms with E-state index in [9.17, 15) is 5.11 Å². The summed E-state index contributed by atoms with van der Waals surface area (Å²) in [6.45, 7) is -1.94. The quantitative estimate of drug-likeness (QED) is 0.165. The molecule has 3 unspecified atom stereocenters. The monoisotopic (exact) mass is 329 g/mol. The molecule has 0 aromatic rings. The minimum atomic E-state index is -1.10. The van der Waals surface area contributed by atoms with Crippen LogP contribution >= 0.6 is 0 Å². The number of aliphatic hydroxyl groups is 5. The van der Waals surface area contributed by atoms with E-state index in [1.807, 2.05) is 0 Å². The molecule has 0 radical (unpaired) electrons. The fourth-order valence-corrected chi connectivity index (χ4v) is 1.39. The molecule has 0 amide bonds. The zero-order valence-electron chi connectivity index (χ0n) is 12.4. The molecule has 0 aliphatic heterocycles. The summed E-state index contributed by atoms with van der Waals surface area (Å²) in [6, 6.07) is 0. The lowest BCUT2D eigenvalue weighted by Gasteiger charge is -2.25. The van der Waals surface area contributed by atoms with E-state index >= 15 is 0 Å². The van der Waals surface area contributed by atoms with E-state index in [0.717, 1.165) is 0 Å². The zero-order chi connectivity index (χ0) is 16.8. The van der Waals surface area contributed by atoms with Crippen molar-refractivity contribution in [2.75, 3.05) is 52.8 Å². The lowest BCUT2D eigenvalue weighted by Crippen LogP contribution is -2.38. The fourth-order valence-electron chi connectivity index (χ4n) is 1.39. The highest BCUT2D eigenvalue weighted by atomic mass is 16.7. The largest absolute Gasteiger partial charge is 0.394 e. The van der Waals surface area contributed by atoms with Crippen molar-refractivity contribution in [1.82, 2.24) is 0 Å². The van der Waals surface area contributed by atoms with Crippen molar-refractivity contribution in [2.24, 2.45) is 5.73 Å². The second kappa shape index (κ2) is 14.2. The highest BCUT2D eigenvalue weighted by Gasteiger charge is 2.20. The first-order valence-electron chi connectivity index (χ1n) is 6.93. The zero-order valence-corrected chi connectivity index (χ0v) is 12.4. The van der Waals surface area contributed by atoms with E-state index in [-0.39, 0.29) is 19.8 Å². The summed E-state index contributed by atoms with van der Waals surface area (Å²) in [5.74, 6) is 0. The predicted molar refractivity (Wildman–Crippen MR) is 73.7 cm³/mol. The molecule has 10 heteroatoms. The highest BCUT2D eigenvalue weighted by Crippen LogP contribution is 2.05. The van der Waals surface area contributed by atoms with E-state index in [0.29, 0.717) is 0 Å². The van der Waals surface area contributed by atoms with Crippen LogP contribution in [0.1, 0.15) is 0 Å². The third kappa shape index (κ3) is 9.58.